The van der Waals surface area contributed by atoms with Crippen LogP contribution in [0.5, 0.6) is 0 Å². The van der Waals surface area contributed by atoms with E-state index in [0.29, 0.717) is 25.7 Å². The fourth-order valence-electron chi connectivity index (χ4n) is 5.21. The number of carbonyl (C=O) groups is 2. The van der Waals surface area contributed by atoms with Crippen molar-refractivity contribution < 1.29 is 47.8 Å². The number of nitrogens with two attached hydrogens (primary N) is 1. The molecule has 0 heterocycles. The minimum Gasteiger partial charge on any atom is -0.462 e. The van der Waals surface area contributed by atoms with Gasteiger partial charge in [0, 0.05) is 19.4 Å². The zero-order valence-corrected chi connectivity index (χ0v) is 35.9. The number of esters is 2. The van der Waals surface area contributed by atoms with Gasteiger partial charge < -0.3 is 30.3 Å². The van der Waals surface area contributed by atoms with Gasteiger partial charge in [0.05, 0.1) is 25.4 Å². The third kappa shape index (κ3) is 39.7. The van der Waals surface area contributed by atoms with Crippen molar-refractivity contribution in [1.82, 2.24) is 0 Å². The van der Waals surface area contributed by atoms with E-state index in [1.165, 1.54) is 19.3 Å². The molecule has 5 N–H and O–H groups in total. The van der Waals surface area contributed by atoms with E-state index >= 15 is 0 Å². The summed E-state index contributed by atoms with van der Waals surface area (Å²) in [5.74, 6) is -1.09. The molecule has 0 saturated carbocycles. The van der Waals surface area contributed by atoms with Crippen LogP contribution in [-0.2, 0) is 32.7 Å². The molecule has 0 bridgehead atoms. The second-order valence-corrected chi connectivity index (χ2v) is 15.4. The third-order valence-corrected chi connectivity index (χ3v) is 9.45. The largest absolute Gasteiger partial charge is 0.472 e. The Kier molecular flexibility index (Phi) is 37.9. The van der Waals surface area contributed by atoms with Crippen molar-refractivity contribution in [1.29, 1.82) is 0 Å². The average molecular weight is 822 g/mol. The van der Waals surface area contributed by atoms with Gasteiger partial charge in [-0.05, 0) is 70.6 Å². The highest BCUT2D eigenvalue weighted by Crippen LogP contribution is 2.43. The van der Waals surface area contributed by atoms with Gasteiger partial charge in [0.15, 0.2) is 6.10 Å². The van der Waals surface area contributed by atoms with Crippen LogP contribution in [0.15, 0.2) is 85.1 Å². The lowest BCUT2D eigenvalue weighted by atomic mass is 10.1. The fraction of sp³-hybridized carbons (Fsp3) is 0.644. The first-order valence-corrected chi connectivity index (χ1v) is 22.8. The summed E-state index contributed by atoms with van der Waals surface area (Å²) < 4.78 is 32.5. The van der Waals surface area contributed by atoms with Crippen LogP contribution in [0.3, 0.4) is 0 Å². The normalized spacial score (nSPS) is 15.3. The Balaban J connectivity index is 4.47. The number of phosphoric acid groups is 1. The zero-order valence-electron chi connectivity index (χ0n) is 35.0. The van der Waals surface area contributed by atoms with Gasteiger partial charge in [-0.25, -0.2) is 4.57 Å². The minimum atomic E-state index is -4.45. The molecule has 57 heavy (non-hydrogen) atoms. The summed E-state index contributed by atoms with van der Waals surface area (Å²) in [4.78, 5) is 34.9. The van der Waals surface area contributed by atoms with Gasteiger partial charge >= 0.3 is 19.8 Å². The van der Waals surface area contributed by atoms with Gasteiger partial charge in [-0.2, -0.15) is 0 Å². The molecule has 4 atom stereocenters. The molecule has 11 nitrogen and oxygen atoms in total. The molecule has 0 saturated heterocycles. The number of aliphatic hydroxyl groups excluding tert-OH is 2. The van der Waals surface area contributed by atoms with Gasteiger partial charge in [0.2, 0.25) is 0 Å². The molecule has 0 aromatic carbocycles. The predicted molar refractivity (Wildman–Crippen MR) is 231 cm³/mol. The first-order valence-electron chi connectivity index (χ1n) is 21.3. The van der Waals surface area contributed by atoms with Crippen LogP contribution in [-0.4, -0.2) is 71.7 Å². The molecule has 0 aromatic rings. The second kappa shape index (κ2) is 39.9. The number of hydrogen-bond donors (Lipinski definition) is 4. The Bertz CT molecular complexity index is 1240. The van der Waals surface area contributed by atoms with Crippen molar-refractivity contribution in [3.05, 3.63) is 85.1 Å². The lowest BCUT2D eigenvalue weighted by molar-refractivity contribution is -0.161. The molecular weight excluding hydrogens is 745 g/mol. The Morgan fingerprint density at radius 3 is 1.75 bits per heavy atom. The first kappa shape index (κ1) is 54.1. The van der Waals surface area contributed by atoms with Gasteiger partial charge in [-0.1, -0.05) is 144 Å². The highest BCUT2D eigenvalue weighted by atomic mass is 31.2. The Hall–Kier alpha value is -2.89. The quantitative estimate of drug-likeness (QED) is 0.0153. The van der Waals surface area contributed by atoms with Gasteiger partial charge in [0.1, 0.15) is 6.61 Å². The molecule has 0 aliphatic rings. The van der Waals surface area contributed by atoms with Crippen molar-refractivity contribution in [2.75, 3.05) is 26.4 Å². The predicted octanol–water partition coefficient (Wildman–Crippen LogP) is 9.99. The topological polar surface area (TPSA) is 175 Å². The molecule has 0 aliphatic heterocycles. The zero-order chi connectivity index (χ0) is 42.1. The maximum Gasteiger partial charge on any atom is 0.472 e. The summed E-state index contributed by atoms with van der Waals surface area (Å²) in [6.45, 7) is 3.28. The van der Waals surface area contributed by atoms with Crippen LogP contribution < -0.4 is 5.73 Å². The molecule has 326 valence electrons. The molecule has 0 aromatic heterocycles. The van der Waals surface area contributed by atoms with Gasteiger partial charge in [0.25, 0.3) is 0 Å². The van der Waals surface area contributed by atoms with E-state index in [1.807, 2.05) is 30.4 Å². The summed E-state index contributed by atoms with van der Waals surface area (Å²) in [5.41, 5.74) is 5.33. The molecule has 1 unspecified atom stereocenters. The van der Waals surface area contributed by atoms with Crippen molar-refractivity contribution in [2.45, 2.75) is 161 Å². The van der Waals surface area contributed by atoms with E-state index in [2.05, 4.69) is 50.3 Å². The van der Waals surface area contributed by atoms with Gasteiger partial charge in [-0.15, -0.1) is 0 Å². The first-order chi connectivity index (χ1) is 27.6. The lowest BCUT2D eigenvalue weighted by Crippen LogP contribution is -2.29. The standard InChI is InChI=1S/C45H76NO10P/c1-3-5-7-8-9-10-11-12-13-14-15-16-17-18-22-25-29-35-44(49)53-39-43(40-55-57(51,52)54-38-37-46)56-45(50)36-30-34-42(48)33-28-24-21-19-20-23-27-32-41(47)31-26-6-4-2/h9-10,12-13,15-16,20-21,23-24,27-28,32-33,41-43,47-48H,3-8,11,14,17-19,22,25-26,29-31,34-40,46H2,1-2H3,(H,51,52)/b10-9-,13-12-,16-15-,23-20-,24-21-,32-27+,33-28+/t41-,42-,43-/m1/s1. The molecule has 0 radical (unpaired) electrons. The number of rotatable bonds is 38. The second-order valence-electron chi connectivity index (χ2n) is 13.9. The van der Waals surface area contributed by atoms with Crippen molar-refractivity contribution in [2.24, 2.45) is 5.73 Å². The summed E-state index contributed by atoms with van der Waals surface area (Å²) in [7, 11) is -4.45. The SMILES string of the molecule is CCCCC/C=C\C/C=C\C/C=C\CCCCCCC(=O)OC[C@H](COP(=O)(O)OCCN)OC(=O)CCC[C@H](O)/C=C/C=C\C/C=C\C=C\[C@H](O)CCCCC. The van der Waals surface area contributed by atoms with E-state index in [4.69, 9.17) is 24.3 Å². The minimum absolute atomic E-state index is 0.00803. The highest BCUT2D eigenvalue weighted by molar-refractivity contribution is 7.47. The van der Waals surface area contributed by atoms with E-state index in [0.717, 1.165) is 70.6 Å². The van der Waals surface area contributed by atoms with Crippen LogP contribution in [0, 0.1) is 0 Å². The Morgan fingerprint density at radius 1 is 0.614 bits per heavy atom. The Morgan fingerprint density at radius 2 is 1.14 bits per heavy atom. The fourth-order valence-corrected chi connectivity index (χ4v) is 5.97. The monoisotopic (exact) mass is 822 g/mol. The molecule has 0 fully saturated rings. The number of phosphoric ester groups is 1. The number of aliphatic hydroxyl groups is 2. The number of ether oxygens (including phenoxy) is 2. The van der Waals surface area contributed by atoms with E-state index in [9.17, 15) is 29.3 Å². The summed E-state index contributed by atoms with van der Waals surface area (Å²) >= 11 is 0. The average Bonchev–Trinajstić information content (AvgIpc) is 3.18. The summed E-state index contributed by atoms with van der Waals surface area (Å²) in [5, 5.41) is 20.2. The van der Waals surface area contributed by atoms with Crippen LogP contribution in [0.1, 0.15) is 142 Å². The van der Waals surface area contributed by atoms with Gasteiger partial charge in [-0.3, -0.25) is 18.6 Å². The van der Waals surface area contributed by atoms with E-state index in [1.54, 1.807) is 18.2 Å². The maximum atomic E-state index is 12.6. The molecule has 0 rings (SSSR count). The molecule has 0 amide bonds. The molecule has 12 heteroatoms. The van der Waals surface area contributed by atoms with Crippen molar-refractivity contribution in [3.63, 3.8) is 0 Å². The molecule has 0 aliphatic carbocycles. The number of unbranched alkanes of at least 4 members (excludes halogenated alkanes) is 9. The van der Waals surface area contributed by atoms with Crippen LogP contribution in [0.2, 0.25) is 0 Å². The third-order valence-electron chi connectivity index (χ3n) is 8.46. The number of carbonyl (C=O) groups excluding carboxylic acids is 2. The van der Waals surface area contributed by atoms with Crippen molar-refractivity contribution in [3.8, 4) is 0 Å². The molecule has 0 spiro atoms. The maximum absolute atomic E-state index is 12.6. The lowest BCUT2D eigenvalue weighted by Gasteiger charge is -2.20. The van der Waals surface area contributed by atoms with Crippen molar-refractivity contribution >= 4 is 19.8 Å². The van der Waals surface area contributed by atoms with Crippen LogP contribution >= 0.6 is 7.82 Å². The van der Waals surface area contributed by atoms with E-state index in [-0.39, 0.29) is 32.6 Å². The number of hydrogen-bond acceptors (Lipinski definition) is 10. The summed E-state index contributed by atoms with van der Waals surface area (Å²) in [6, 6.07) is 0. The van der Waals surface area contributed by atoms with Crippen LogP contribution in [0.25, 0.3) is 0 Å². The summed E-state index contributed by atoms with van der Waals surface area (Å²) in [6.07, 6.45) is 42.5. The molecular formula is C45H76NO10P. The van der Waals surface area contributed by atoms with E-state index < -0.39 is 44.7 Å². The number of allylic oxidation sites excluding steroid dienone is 12. The highest BCUT2D eigenvalue weighted by Gasteiger charge is 2.26. The van der Waals surface area contributed by atoms with Crippen LogP contribution in [0.4, 0.5) is 0 Å². The Labute approximate surface area is 344 Å². The smallest absolute Gasteiger partial charge is 0.462 e.